The molecule has 6 heterocycles. The highest BCUT2D eigenvalue weighted by Gasteiger charge is 2.15. The summed E-state index contributed by atoms with van der Waals surface area (Å²) in [5.74, 6) is 0.114. The van der Waals surface area contributed by atoms with Gasteiger partial charge in [0.25, 0.3) is 0 Å². The van der Waals surface area contributed by atoms with Crippen molar-refractivity contribution in [1.29, 1.82) is 0 Å². The van der Waals surface area contributed by atoms with E-state index < -0.39 is 0 Å². The fourth-order valence-corrected chi connectivity index (χ4v) is 4.33. The summed E-state index contributed by atoms with van der Waals surface area (Å²) in [6.45, 7) is 0. The average molecular weight is 410 g/mol. The van der Waals surface area contributed by atoms with Gasteiger partial charge in [-0.3, -0.25) is 10.1 Å². The maximum Gasteiger partial charge on any atom is 0.155 e. The van der Waals surface area contributed by atoms with Gasteiger partial charge >= 0.3 is 0 Å². The molecule has 0 aliphatic heterocycles. The van der Waals surface area contributed by atoms with Crippen LogP contribution in [-0.4, -0.2) is 35.2 Å². The second kappa shape index (κ2) is 6.50. The number of thiophene rings is 1. The summed E-state index contributed by atoms with van der Waals surface area (Å²) in [7, 11) is 0. The molecule has 3 N–H and O–H groups in total. The van der Waals surface area contributed by atoms with Gasteiger partial charge in [0, 0.05) is 40.5 Å². The van der Waals surface area contributed by atoms with Crippen LogP contribution >= 0.6 is 11.3 Å². The second-order valence-electron chi connectivity index (χ2n) is 6.94. The van der Waals surface area contributed by atoms with Gasteiger partial charge in [0.1, 0.15) is 17.1 Å². The number of hydrogen-bond acceptors (Lipinski definition) is 6. The van der Waals surface area contributed by atoms with Gasteiger partial charge in [-0.1, -0.05) is 0 Å². The lowest BCUT2D eigenvalue weighted by molar-refractivity contribution is 0.473. The summed E-state index contributed by atoms with van der Waals surface area (Å²) in [6.07, 6.45) is 6.65. The molecular formula is C22H14N6OS. The van der Waals surface area contributed by atoms with Crippen LogP contribution in [0.15, 0.2) is 65.9 Å². The molecule has 0 bridgehead atoms. The van der Waals surface area contributed by atoms with Crippen LogP contribution in [-0.2, 0) is 0 Å². The minimum Gasteiger partial charge on any atom is -0.506 e. The first-order valence-corrected chi connectivity index (χ1v) is 10.2. The van der Waals surface area contributed by atoms with E-state index in [4.69, 9.17) is 0 Å². The summed E-state index contributed by atoms with van der Waals surface area (Å²) in [4.78, 5) is 16.4. The molecule has 0 saturated heterocycles. The Morgan fingerprint density at radius 2 is 1.80 bits per heavy atom. The minimum absolute atomic E-state index is 0.114. The molecule has 0 unspecified atom stereocenters. The molecule has 6 aromatic rings. The molecule has 6 rings (SSSR count). The predicted octanol–water partition coefficient (Wildman–Crippen LogP) is 5.00. The number of pyridine rings is 3. The topological polar surface area (TPSA) is 103 Å². The number of nitrogens with one attached hydrogen (secondary N) is 2. The first-order valence-electron chi connectivity index (χ1n) is 9.25. The normalized spacial score (nSPS) is 11.5. The molecule has 0 fully saturated rings. The first kappa shape index (κ1) is 16.9. The van der Waals surface area contributed by atoms with Gasteiger partial charge in [0.05, 0.1) is 11.9 Å². The summed E-state index contributed by atoms with van der Waals surface area (Å²) < 4.78 is 0. The Balaban J connectivity index is 1.52. The van der Waals surface area contributed by atoms with E-state index in [2.05, 4.69) is 53.0 Å². The maximum atomic E-state index is 9.75. The fraction of sp³-hybridized carbons (Fsp3) is 0. The van der Waals surface area contributed by atoms with Crippen molar-refractivity contribution in [3.05, 3.63) is 65.9 Å². The molecule has 144 valence electrons. The molecular weight excluding hydrogens is 396 g/mol. The molecule has 0 atom stereocenters. The first-order chi connectivity index (χ1) is 14.8. The van der Waals surface area contributed by atoms with E-state index in [9.17, 15) is 5.11 Å². The Hall–Kier alpha value is -4.04. The Kier molecular flexibility index (Phi) is 3.65. The van der Waals surface area contributed by atoms with Gasteiger partial charge in [-0.25, -0.2) is 9.97 Å². The molecule has 0 spiro atoms. The van der Waals surface area contributed by atoms with Crippen molar-refractivity contribution in [1.82, 2.24) is 30.1 Å². The van der Waals surface area contributed by atoms with Crippen LogP contribution in [0.1, 0.15) is 0 Å². The van der Waals surface area contributed by atoms with Crippen LogP contribution in [0, 0.1) is 0 Å². The summed E-state index contributed by atoms with van der Waals surface area (Å²) in [6, 6.07) is 9.87. The third-order valence-corrected chi connectivity index (χ3v) is 5.78. The van der Waals surface area contributed by atoms with E-state index in [-0.39, 0.29) is 5.75 Å². The molecule has 7 nitrogen and oxygen atoms in total. The van der Waals surface area contributed by atoms with Crippen LogP contribution < -0.4 is 0 Å². The average Bonchev–Trinajstić information content (AvgIpc) is 3.51. The number of aromatic hydroxyl groups is 1. The highest BCUT2D eigenvalue weighted by molar-refractivity contribution is 7.08. The SMILES string of the molecule is Oc1cncc(-c2cnc3[nH]nc(-c4cc5c(-c6ccsc6)ccnc5[nH]4)c3c2)c1. The fourth-order valence-electron chi connectivity index (χ4n) is 3.68. The Bertz CT molecular complexity index is 1520. The smallest absolute Gasteiger partial charge is 0.155 e. The molecule has 0 saturated carbocycles. The number of aromatic nitrogens is 6. The van der Waals surface area contributed by atoms with Crippen molar-refractivity contribution < 1.29 is 5.11 Å². The standard InChI is InChI=1S/C22H14N6OS/c29-15-5-13(8-23-10-15)14-6-18-20(27-28-22(18)25-9-14)19-7-17-16(12-2-4-30-11-12)1-3-24-21(17)26-19/h1-11,29H,(H,24,26)(H,25,27,28). The lowest BCUT2D eigenvalue weighted by atomic mass is 10.1. The zero-order valence-corrected chi connectivity index (χ0v) is 16.3. The second-order valence-corrected chi connectivity index (χ2v) is 7.72. The van der Waals surface area contributed by atoms with Gasteiger partial charge < -0.3 is 10.1 Å². The van der Waals surface area contributed by atoms with Crippen LogP contribution in [0.4, 0.5) is 0 Å². The molecule has 0 aliphatic carbocycles. The van der Waals surface area contributed by atoms with Gasteiger partial charge in [-0.05, 0) is 52.2 Å². The third kappa shape index (κ3) is 2.66. The van der Waals surface area contributed by atoms with Crippen LogP contribution in [0.3, 0.4) is 0 Å². The van der Waals surface area contributed by atoms with Crippen molar-refractivity contribution in [2.45, 2.75) is 0 Å². The lowest BCUT2D eigenvalue weighted by Gasteiger charge is -2.02. The molecule has 6 aromatic heterocycles. The quantitative estimate of drug-likeness (QED) is 0.381. The van der Waals surface area contributed by atoms with Crippen molar-refractivity contribution in [3.63, 3.8) is 0 Å². The van der Waals surface area contributed by atoms with E-state index in [1.807, 2.05) is 18.3 Å². The van der Waals surface area contributed by atoms with Gasteiger partial charge in [0.2, 0.25) is 0 Å². The number of rotatable bonds is 3. The highest BCUT2D eigenvalue weighted by Crippen LogP contribution is 2.34. The molecule has 0 aliphatic rings. The number of H-pyrrole nitrogens is 2. The van der Waals surface area contributed by atoms with Crippen molar-refractivity contribution in [3.8, 4) is 39.4 Å². The monoisotopic (exact) mass is 410 g/mol. The Morgan fingerprint density at radius 1 is 0.867 bits per heavy atom. The van der Waals surface area contributed by atoms with Crippen molar-refractivity contribution in [2.24, 2.45) is 0 Å². The van der Waals surface area contributed by atoms with Gasteiger partial charge in [-0.2, -0.15) is 16.4 Å². The van der Waals surface area contributed by atoms with E-state index >= 15 is 0 Å². The maximum absolute atomic E-state index is 9.75. The van der Waals surface area contributed by atoms with Gasteiger partial charge in [0.15, 0.2) is 5.65 Å². The van der Waals surface area contributed by atoms with E-state index in [1.165, 1.54) is 11.8 Å². The summed E-state index contributed by atoms with van der Waals surface area (Å²) in [5.41, 5.74) is 7.06. The Morgan fingerprint density at radius 3 is 2.67 bits per heavy atom. The van der Waals surface area contributed by atoms with E-state index in [1.54, 1.807) is 29.8 Å². The van der Waals surface area contributed by atoms with E-state index in [0.717, 1.165) is 44.5 Å². The number of hydrogen-bond donors (Lipinski definition) is 3. The number of aromatic amines is 2. The van der Waals surface area contributed by atoms with E-state index in [0.29, 0.717) is 5.65 Å². The molecule has 8 heteroatoms. The van der Waals surface area contributed by atoms with Crippen molar-refractivity contribution in [2.75, 3.05) is 0 Å². The number of nitrogens with zero attached hydrogens (tertiary/aromatic N) is 4. The van der Waals surface area contributed by atoms with Crippen LogP contribution in [0.2, 0.25) is 0 Å². The van der Waals surface area contributed by atoms with Gasteiger partial charge in [-0.15, -0.1) is 0 Å². The third-order valence-electron chi connectivity index (χ3n) is 5.09. The lowest BCUT2D eigenvalue weighted by Crippen LogP contribution is -1.84. The zero-order valence-electron chi connectivity index (χ0n) is 15.5. The molecule has 0 amide bonds. The van der Waals surface area contributed by atoms with Crippen molar-refractivity contribution >= 4 is 33.4 Å². The highest BCUT2D eigenvalue weighted by atomic mass is 32.1. The molecule has 0 radical (unpaired) electrons. The molecule has 0 aromatic carbocycles. The van der Waals surface area contributed by atoms with Crippen LogP contribution in [0.25, 0.3) is 55.7 Å². The largest absolute Gasteiger partial charge is 0.506 e. The van der Waals surface area contributed by atoms with Crippen LogP contribution in [0.5, 0.6) is 5.75 Å². The predicted molar refractivity (Wildman–Crippen MR) is 117 cm³/mol. The zero-order chi connectivity index (χ0) is 20.1. The summed E-state index contributed by atoms with van der Waals surface area (Å²) in [5, 5.41) is 23.4. The number of fused-ring (bicyclic) bond motifs is 2. The molecule has 30 heavy (non-hydrogen) atoms. The Labute approximate surface area is 174 Å². The summed E-state index contributed by atoms with van der Waals surface area (Å²) >= 11 is 1.67. The minimum atomic E-state index is 0.114.